The molecule has 0 radical (unpaired) electrons. The largest absolute Gasteiger partial charge is 0.481 e. The Morgan fingerprint density at radius 1 is 1.50 bits per heavy atom. The van der Waals surface area contributed by atoms with Crippen LogP contribution in [-0.4, -0.2) is 18.1 Å². The summed E-state index contributed by atoms with van der Waals surface area (Å²) in [7, 11) is 1.65. The Kier molecular flexibility index (Phi) is 3.78. The standard InChI is InChI=1S/C13H20N2O/c1-10(8-11-6-7-11)14-9-12-4-3-5-13(15-12)16-2/h3-5,10-11,14H,6-9H2,1-2H3. The first-order valence-electron chi connectivity index (χ1n) is 6.01. The first kappa shape index (κ1) is 11.4. The van der Waals surface area contributed by atoms with Crippen molar-refractivity contribution in [2.24, 2.45) is 5.92 Å². The van der Waals surface area contributed by atoms with Gasteiger partial charge in [0.05, 0.1) is 12.8 Å². The van der Waals surface area contributed by atoms with E-state index in [4.69, 9.17) is 4.74 Å². The molecule has 1 unspecified atom stereocenters. The Labute approximate surface area is 97.2 Å². The highest BCUT2D eigenvalue weighted by atomic mass is 16.5. The Balaban J connectivity index is 1.78. The van der Waals surface area contributed by atoms with E-state index in [0.29, 0.717) is 11.9 Å². The first-order valence-corrected chi connectivity index (χ1v) is 6.01. The van der Waals surface area contributed by atoms with Crippen molar-refractivity contribution in [3.63, 3.8) is 0 Å². The summed E-state index contributed by atoms with van der Waals surface area (Å²) in [6.45, 7) is 3.07. The van der Waals surface area contributed by atoms with Gasteiger partial charge < -0.3 is 10.1 Å². The fourth-order valence-corrected chi connectivity index (χ4v) is 1.89. The van der Waals surface area contributed by atoms with Crippen LogP contribution in [0.15, 0.2) is 18.2 Å². The van der Waals surface area contributed by atoms with Gasteiger partial charge >= 0.3 is 0 Å². The Bertz CT molecular complexity index is 336. The van der Waals surface area contributed by atoms with Crippen molar-refractivity contribution in [3.8, 4) is 5.88 Å². The van der Waals surface area contributed by atoms with Crippen LogP contribution in [0.1, 0.15) is 31.9 Å². The topological polar surface area (TPSA) is 34.1 Å². The van der Waals surface area contributed by atoms with Crippen molar-refractivity contribution in [2.45, 2.75) is 38.8 Å². The molecular weight excluding hydrogens is 200 g/mol. The van der Waals surface area contributed by atoms with Crippen molar-refractivity contribution in [1.29, 1.82) is 0 Å². The summed E-state index contributed by atoms with van der Waals surface area (Å²) in [6, 6.07) is 6.46. The molecule has 1 aromatic rings. The minimum absolute atomic E-state index is 0.584. The summed E-state index contributed by atoms with van der Waals surface area (Å²) in [5.41, 5.74) is 1.04. The summed E-state index contributed by atoms with van der Waals surface area (Å²) in [6.07, 6.45) is 4.14. The zero-order valence-corrected chi connectivity index (χ0v) is 10.1. The predicted molar refractivity (Wildman–Crippen MR) is 64.4 cm³/mol. The summed E-state index contributed by atoms with van der Waals surface area (Å²) < 4.78 is 5.10. The molecule has 3 heteroatoms. The fourth-order valence-electron chi connectivity index (χ4n) is 1.89. The highest BCUT2D eigenvalue weighted by molar-refractivity contribution is 5.15. The van der Waals surface area contributed by atoms with Gasteiger partial charge in [0.15, 0.2) is 0 Å². The minimum Gasteiger partial charge on any atom is -0.481 e. The number of nitrogens with one attached hydrogen (secondary N) is 1. The van der Waals surface area contributed by atoms with E-state index in [1.54, 1.807) is 7.11 Å². The second-order valence-corrected chi connectivity index (χ2v) is 4.63. The van der Waals surface area contributed by atoms with Gasteiger partial charge in [0, 0.05) is 18.7 Å². The van der Waals surface area contributed by atoms with E-state index >= 15 is 0 Å². The smallest absolute Gasteiger partial charge is 0.213 e. The maximum atomic E-state index is 5.10. The number of hydrogen-bond donors (Lipinski definition) is 1. The van der Waals surface area contributed by atoms with E-state index < -0.39 is 0 Å². The number of nitrogens with zero attached hydrogens (tertiary/aromatic N) is 1. The third-order valence-corrected chi connectivity index (χ3v) is 3.01. The lowest BCUT2D eigenvalue weighted by Gasteiger charge is -2.13. The van der Waals surface area contributed by atoms with Crippen molar-refractivity contribution in [3.05, 3.63) is 23.9 Å². The SMILES string of the molecule is COc1cccc(CNC(C)CC2CC2)n1. The van der Waals surface area contributed by atoms with Crippen molar-refractivity contribution >= 4 is 0 Å². The van der Waals surface area contributed by atoms with Crippen LogP contribution < -0.4 is 10.1 Å². The van der Waals surface area contributed by atoms with Gasteiger partial charge in [0.25, 0.3) is 0 Å². The molecule has 2 rings (SSSR count). The number of ether oxygens (including phenoxy) is 1. The summed E-state index contributed by atoms with van der Waals surface area (Å²) >= 11 is 0. The van der Waals surface area contributed by atoms with Crippen molar-refractivity contribution in [1.82, 2.24) is 10.3 Å². The van der Waals surface area contributed by atoms with Crippen LogP contribution in [-0.2, 0) is 6.54 Å². The fraction of sp³-hybridized carbons (Fsp3) is 0.615. The summed E-state index contributed by atoms with van der Waals surface area (Å²) in [5, 5.41) is 3.50. The van der Waals surface area contributed by atoms with Gasteiger partial charge in [-0.25, -0.2) is 4.98 Å². The average molecular weight is 220 g/mol. The van der Waals surface area contributed by atoms with Crippen LogP contribution in [0.5, 0.6) is 5.88 Å². The van der Waals surface area contributed by atoms with Crippen LogP contribution in [0.3, 0.4) is 0 Å². The van der Waals surface area contributed by atoms with Crippen molar-refractivity contribution in [2.75, 3.05) is 7.11 Å². The molecule has 88 valence electrons. The maximum absolute atomic E-state index is 5.10. The zero-order valence-electron chi connectivity index (χ0n) is 10.1. The van der Waals surface area contributed by atoms with Crippen LogP contribution in [0.4, 0.5) is 0 Å². The molecule has 1 N–H and O–H groups in total. The number of aromatic nitrogens is 1. The average Bonchev–Trinajstić information content (AvgIpc) is 3.10. The molecule has 0 saturated heterocycles. The molecule has 16 heavy (non-hydrogen) atoms. The lowest BCUT2D eigenvalue weighted by atomic mass is 10.1. The minimum atomic E-state index is 0.584. The second-order valence-electron chi connectivity index (χ2n) is 4.63. The second kappa shape index (κ2) is 5.30. The van der Waals surface area contributed by atoms with E-state index in [9.17, 15) is 0 Å². The molecule has 0 aromatic carbocycles. The third-order valence-electron chi connectivity index (χ3n) is 3.01. The highest BCUT2D eigenvalue weighted by Crippen LogP contribution is 2.33. The third kappa shape index (κ3) is 3.49. The van der Waals surface area contributed by atoms with Gasteiger partial charge in [-0.2, -0.15) is 0 Å². The molecule has 0 spiro atoms. The van der Waals surface area contributed by atoms with Crippen LogP contribution in [0.2, 0.25) is 0 Å². The van der Waals surface area contributed by atoms with Gasteiger partial charge in [0.1, 0.15) is 0 Å². The van der Waals surface area contributed by atoms with E-state index in [1.165, 1.54) is 19.3 Å². The molecule has 3 nitrogen and oxygen atoms in total. The van der Waals surface area contributed by atoms with E-state index in [1.807, 2.05) is 18.2 Å². The Morgan fingerprint density at radius 3 is 3.00 bits per heavy atom. The molecule has 1 saturated carbocycles. The number of methoxy groups -OCH3 is 1. The first-order chi connectivity index (χ1) is 7.78. The van der Waals surface area contributed by atoms with E-state index in [0.717, 1.165) is 18.2 Å². The van der Waals surface area contributed by atoms with Gasteiger partial charge in [0.2, 0.25) is 5.88 Å². The molecule has 0 amide bonds. The summed E-state index contributed by atoms with van der Waals surface area (Å²) in [4.78, 5) is 4.37. The Hall–Kier alpha value is -1.09. The number of pyridine rings is 1. The van der Waals surface area contributed by atoms with Crippen LogP contribution in [0.25, 0.3) is 0 Å². The van der Waals surface area contributed by atoms with Gasteiger partial charge in [-0.3, -0.25) is 0 Å². The number of rotatable bonds is 6. The molecule has 1 atom stereocenters. The number of hydrogen-bond acceptors (Lipinski definition) is 3. The molecule has 1 aromatic heterocycles. The van der Waals surface area contributed by atoms with E-state index in [2.05, 4.69) is 17.2 Å². The molecule has 1 heterocycles. The van der Waals surface area contributed by atoms with Crippen LogP contribution >= 0.6 is 0 Å². The molecule has 1 aliphatic rings. The quantitative estimate of drug-likeness (QED) is 0.799. The van der Waals surface area contributed by atoms with Gasteiger partial charge in [-0.05, 0) is 25.3 Å². The normalized spacial score (nSPS) is 17.1. The molecule has 1 fully saturated rings. The monoisotopic (exact) mass is 220 g/mol. The molecule has 0 aliphatic heterocycles. The van der Waals surface area contributed by atoms with Gasteiger partial charge in [-0.1, -0.05) is 18.9 Å². The predicted octanol–water partition coefficient (Wildman–Crippen LogP) is 2.37. The molecule has 1 aliphatic carbocycles. The lowest BCUT2D eigenvalue weighted by Crippen LogP contribution is -2.26. The zero-order chi connectivity index (χ0) is 11.4. The van der Waals surface area contributed by atoms with Crippen molar-refractivity contribution < 1.29 is 4.74 Å². The maximum Gasteiger partial charge on any atom is 0.213 e. The molecule has 0 bridgehead atoms. The Morgan fingerprint density at radius 2 is 2.31 bits per heavy atom. The lowest BCUT2D eigenvalue weighted by molar-refractivity contribution is 0.394. The summed E-state index contributed by atoms with van der Waals surface area (Å²) in [5.74, 6) is 1.66. The highest BCUT2D eigenvalue weighted by Gasteiger charge is 2.23. The van der Waals surface area contributed by atoms with Crippen LogP contribution in [0, 0.1) is 5.92 Å². The molecular formula is C13H20N2O. The van der Waals surface area contributed by atoms with E-state index in [-0.39, 0.29) is 0 Å². The van der Waals surface area contributed by atoms with Gasteiger partial charge in [-0.15, -0.1) is 0 Å².